The molecule has 2 nitrogen and oxygen atoms in total. The van der Waals surface area contributed by atoms with Crippen LogP contribution in [0.25, 0.3) is 0 Å². The Balaban J connectivity index is 5.08. The molecular weight excluding hydrogens is 230 g/mol. The number of hydrogen-bond donors (Lipinski definition) is 1. The Bertz CT molecular complexity index is 280. The molecule has 13 heavy (non-hydrogen) atoms. The minimum absolute atomic E-state index is 0.0642. The smallest absolute Gasteiger partial charge is 0.134 e. The van der Waals surface area contributed by atoms with Gasteiger partial charge in [0.15, 0.2) is 0 Å². The summed E-state index contributed by atoms with van der Waals surface area (Å²) in [5.74, 6) is -0.0642. The van der Waals surface area contributed by atoms with Crippen LogP contribution in [-0.2, 0) is 0 Å². The SMILES string of the molecule is C=C(C)/C(=N\C(Br)=C(C)C)C(=C)O. The maximum absolute atomic E-state index is 9.18. The van der Waals surface area contributed by atoms with E-state index in [9.17, 15) is 5.11 Å². The third-order valence-electron chi connectivity index (χ3n) is 1.30. The molecule has 0 atom stereocenters. The molecule has 0 saturated heterocycles. The quantitative estimate of drug-likeness (QED) is 0.458. The van der Waals surface area contributed by atoms with Crippen molar-refractivity contribution >= 4 is 21.6 Å². The number of aliphatic hydroxyl groups is 1. The average molecular weight is 244 g/mol. The average Bonchev–Trinajstić information content (AvgIpc) is 1.97. The van der Waals surface area contributed by atoms with Gasteiger partial charge < -0.3 is 5.11 Å². The first-order chi connectivity index (χ1) is 5.86. The van der Waals surface area contributed by atoms with Crippen molar-refractivity contribution in [2.24, 2.45) is 4.99 Å². The molecule has 0 aliphatic rings. The Morgan fingerprint density at radius 2 is 1.69 bits per heavy atom. The van der Waals surface area contributed by atoms with E-state index in [1.54, 1.807) is 6.92 Å². The van der Waals surface area contributed by atoms with E-state index in [1.165, 1.54) is 0 Å². The first-order valence-corrected chi connectivity index (χ1v) is 4.61. The monoisotopic (exact) mass is 243 g/mol. The molecule has 0 fully saturated rings. The summed E-state index contributed by atoms with van der Waals surface area (Å²) in [7, 11) is 0. The molecule has 0 aromatic carbocycles. The van der Waals surface area contributed by atoms with Crippen LogP contribution in [0.3, 0.4) is 0 Å². The van der Waals surface area contributed by atoms with E-state index in [0.717, 1.165) is 5.57 Å². The molecule has 3 heteroatoms. The predicted octanol–water partition coefficient (Wildman–Crippen LogP) is 3.72. The van der Waals surface area contributed by atoms with Gasteiger partial charge in [-0.2, -0.15) is 0 Å². The highest BCUT2D eigenvalue weighted by molar-refractivity contribution is 9.11. The summed E-state index contributed by atoms with van der Waals surface area (Å²) >= 11 is 3.28. The third kappa shape index (κ3) is 4.08. The van der Waals surface area contributed by atoms with Gasteiger partial charge in [0.2, 0.25) is 0 Å². The molecule has 0 aliphatic carbocycles. The topological polar surface area (TPSA) is 32.6 Å². The van der Waals surface area contributed by atoms with Crippen LogP contribution in [0.4, 0.5) is 0 Å². The second-order valence-electron chi connectivity index (χ2n) is 2.98. The summed E-state index contributed by atoms with van der Waals surface area (Å²) in [6.07, 6.45) is 0. The van der Waals surface area contributed by atoms with Gasteiger partial charge in [-0.05, 0) is 47.8 Å². The fraction of sp³-hybridized carbons (Fsp3) is 0.300. The Morgan fingerprint density at radius 3 is 1.92 bits per heavy atom. The normalized spacial score (nSPS) is 10.9. The van der Waals surface area contributed by atoms with Crippen LogP contribution in [0, 0.1) is 0 Å². The Labute approximate surface area is 87.5 Å². The summed E-state index contributed by atoms with van der Waals surface area (Å²) in [4.78, 5) is 4.14. The van der Waals surface area contributed by atoms with Crippen molar-refractivity contribution in [3.63, 3.8) is 0 Å². The predicted molar refractivity (Wildman–Crippen MR) is 61.3 cm³/mol. The highest BCUT2D eigenvalue weighted by Crippen LogP contribution is 2.15. The van der Waals surface area contributed by atoms with Crippen LogP contribution in [-0.4, -0.2) is 10.8 Å². The van der Waals surface area contributed by atoms with E-state index in [0.29, 0.717) is 15.9 Å². The second-order valence-corrected chi connectivity index (χ2v) is 3.73. The van der Waals surface area contributed by atoms with E-state index in [1.807, 2.05) is 13.8 Å². The highest BCUT2D eigenvalue weighted by atomic mass is 79.9. The van der Waals surface area contributed by atoms with Gasteiger partial charge in [0, 0.05) is 0 Å². The summed E-state index contributed by atoms with van der Waals surface area (Å²) in [6, 6.07) is 0. The van der Waals surface area contributed by atoms with Gasteiger partial charge in [-0.15, -0.1) is 0 Å². The first-order valence-electron chi connectivity index (χ1n) is 3.82. The van der Waals surface area contributed by atoms with Crippen molar-refractivity contribution in [2.75, 3.05) is 0 Å². The minimum atomic E-state index is -0.0642. The number of aliphatic hydroxyl groups excluding tert-OH is 1. The third-order valence-corrected chi connectivity index (χ3v) is 2.27. The molecule has 0 bridgehead atoms. The zero-order valence-electron chi connectivity index (χ0n) is 8.19. The van der Waals surface area contributed by atoms with Crippen LogP contribution in [0.5, 0.6) is 0 Å². The lowest BCUT2D eigenvalue weighted by Gasteiger charge is -2.03. The van der Waals surface area contributed by atoms with Gasteiger partial charge in [0.25, 0.3) is 0 Å². The Hall–Kier alpha value is -0.830. The minimum Gasteiger partial charge on any atom is -0.506 e. The maximum atomic E-state index is 9.18. The first kappa shape index (κ1) is 12.2. The molecular formula is C10H14BrNO. The molecule has 0 amide bonds. The van der Waals surface area contributed by atoms with Gasteiger partial charge in [-0.25, -0.2) is 4.99 Å². The number of nitrogens with zero attached hydrogens (tertiary/aromatic N) is 1. The number of aliphatic imine (C=N–C) groups is 1. The number of hydrogen-bond acceptors (Lipinski definition) is 2. The molecule has 72 valence electrons. The lowest BCUT2D eigenvalue weighted by molar-refractivity contribution is 0.446. The molecule has 0 saturated carbocycles. The molecule has 0 aromatic rings. The van der Waals surface area contributed by atoms with Crippen molar-refractivity contribution in [1.29, 1.82) is 0 Å². The van der Waals surface area contributed by atoms with E-state index in [4.69, 9.17) is 0 Å². The van der Waals surface area contributed by atoms with Crippen molar-refractivity contribution in [2.45, 2.75) is 20.8 Å². The van der Waals surface area contributed by atoms with E-state index in [2.05, 4.69) is 34.1 Å². The Kier molecular flexibility index (Phi) is 4.70. The van der Waals surface area contributed by atoms with Gasteiger partial charge in [-0.3, -0.25) is 0 Å². The molecule has 0 aliphatic heterocycles. The molecule has 0 spiro atoms. The zero-order valence-corrected chi connectivity index (χ0v) is 9.77. The van der Waals surface area contributed by atoms with Crippen molar-refractivity contribution in [1.82, 2.24) is 0 Å². The second kappa shape index (κ2) is 5.02. The molecule has 1 N–H and O–H groups in total. The van der Waals surface area contributed by atoms with Crippen LogP contribution in [0.1, 0.15) is 20.8 Å². The standard InChI is InChI=1S/C10H14BrNO/c1-6(2)9(8(5)13)12-10(11)7(3)4/h13H,1,5H2,2-4H3/b12-9+. The van der Waals surface area contributed by atoms with Gasteiger partial charge in [0.1, 0.15) is 16.1 Å². The van der Waals surface area contributed by atoms with Crippen LogP contribution in [0.15, 0.2) is 39.7 Å². The number of rotatable bonds is 3. The summed E-state index contributed by atoms with van der Waals surface area (Å²) < 4.78 is 0.695. The van der Waals surface area contributed by atoms with Gasteiger partial charge in [0.05, 0.1) is 0 Å². The van der Waals surface area contributed by atoms with E-state index in [-0.39, 0.29) is 5.76 Å². The summed E-state index contributed by atoms with van der Waals surface area (Å²) in [6.45, 7) is 12.7. The van der Waals surface area contributed by atoms with Crippen LogP contribution in [0.2, 0.25) is 0 Å². The molecule has 0 aromatic heterocycles. The van der Waals surface area contributed by atoms with Crippen molar-refractivity contribution in [3.8, 4) is 0 Å². The van der Waals surface area contributed by atoms with Crippen molar-refractivity contribution in [3.05, 3.63) is 34.7 Å². The lowest BCUT2D eigenvalue weighted by Crippen LogP contribution is -2.02. The molecule has 0 radical (unpaired) electrons. The molecule has 0 unspecified atom stereocenters. The number of halogens is 1. The van der Waals surface area contributed by atoms with Crippen molar-refractivity contribution < 1.29 is 5.11 Å². The zero-order chi connectivity index (χ0) is 10.6. The number of allylic oxidation sites excluding steroid dienone is 2. The summed E-state index contributed by atoms with van der Waals surface area (Å²) in [5, 5.41) is 9.18. The fourth-order valence-corrected chi connectivity index (χ4v) is 0.794. The summed E-state index contributed by atoms with van der Waals surface area (Å²) in [5.41, 5.74) is 2.14. The van der Waals surface area contributed by atoms with Crippen LogP contribution >= 0.6 is 15.9 Å². The van der Waals surface area contributed by atoms with Gasteiger partial charge >= 0.3 is 0 Å². The van der Waals surface area contributed by atoms with E-state index < -0.39 is 0 Å². The highest BCUT2D eigenvalue weighted by Gasteiger charge is 2.04. The fourth-order valence-electron chi connectivity index (χ4n) is 0.616. The molecule has 0 rings (SSSR count). The Morgan fingerprint density at radius 1 is 1.23 bits per heavy atom. The molecule has 0 heterocycles. The van der Waals surface area contributed by atoms with Crippen LogP contribution < -0.4 is 0 Å². The van der Waals surface area contributed by atoms with E-state index >= 15 is 0 Å². The largest absolute Gasteiger partial charge is 0.506 e. The lowest BCUT2D eigenvalue weighted by atomic mass is 10.2. The van der Waals surface area contributed by atoms with Gasteiger partial charge in [-0.1, -0.05) is 13.2 Å². The maximum Gasteiger partial charge on any atom is 0.134 e.